The van der Waals surface area contributed by atoms with Crippen LogP contribution in [-0.4, -0.2) is 32.3 Å². The first-order chi connectivity index (χ1) is 11.8. The number of aliphatic imine (C=N–C) groups is 1. The van der Waals surface area contributed by atoms with Crippen LogP contribution in [0.25, 0.3) is 0 Å². The smallest absolute Gasteiger partial charge is 0.191 e. The first-order valence-corrected chi connectivity index (χ1v) is 8.73. The van der Waals surface area contributed by atoms with E-state index in [4.69, 9.17) is 9.47 Å². The Kier molecular flexibility index (Phi) is 10.4. The van der Waals surface area contributed by atoms with Gasteiger partial charge in [-0.3, -0.25) is 0 Å². The zero-order valence-corrected chi connectivity index (χ0v) is 17.5. The van der Waals surface area contributed by atoms with Gasteiger partial charge in [0, 0.05) is 13.1 Å². The molecule has 6 heteroatoms. The Balaban J connectivity index is 0.00000312. The van der Waals surface area contributed by atoms with Crippen LogP contribution in [0.2, 0.25) is 0 Å². The summed E-state index contributed by atoms with van der Waals surface area (Å²) >= 11 is 0. The van der Waals surface area contributed by atoms with E-state index in [-0.39, 0.29) is 24.0 Å². The van der Waals surface area contributed by atoms with Gasteiger partial charge in [-0.05, 0) is 50.3 Å². The second kappa shape index (κ2) is 12.0. The molecule has 5 nitrogen and oxygen atoms in total. The van der Waals surface area contributed by atoms with E-state index >= 15 is 0 Å². The van der Waals surface area contributed by atoms with E-state index in [2.05, 4.69) is 22.2 Å². The van der Waals surface area contributed by atoms with E-state index in [0.717, 1.165) is 42.4 Å². The van der Waals surface area contributed by atoms with Crippen LogP contribution in [0.3, 0.4) is 0 Å². The Hall–Kier alpha value is -1.44. The molecule has 140 valence electrons. The van der Waals surface area contributed by atoms with Crippen molar-refractivity contribution < 1.29 is 9.47 Å². The van der Waals surface area contributed by atoms with Gasteiger partial charge in [-0.15, -0.1) is 30.6 Å². The number of benzene rings is 1. The van der Waals surface area contributed by atoms with Crippen LogP contribution >= 0.6 is 24.0 Å². The first kappa shape index (κ1) is 21.6. The van der Waals surface area contributed by atoms with Crippen molar-refractivity contribution in [2.24, 2.45) is 4.99 Å². The van der Waals surface area contributed by atoms with Crippen LogP contribution in [-0.2, 0) is 6.54 Å². The maximum absolute atomic E-state index is 6.14. The largest absolute Gasteiger partial charge is 0.493 e. The summed E-state index contributed by atoms with van der Waals surface area (Å²) in [4.78, 5) is 4.60. The SMILES string of the molecule is C=CCNC(=NCc1ccc(OC)c(OC2CCCC2)c1)NCC.I. The fourth-order valence-electron chi connectivity index (χ4n) is 2.78. The number of methoxy groups -OCH3 is 1. The van der Waals surface area contributed by atoms with Gasteiger partial charge in [-0.25, -0.2) is 4.99 Å². The maximum atomic E-state index is 6.14. The third-order valence-electron chi connectivity index (χ3n) is 4.00. The molecule has 0 unspecified atom stereocenters. The normalized spacial score (nSPS) is 14.6. The Morgan fingerprint density at radius 3 is 2.68 bits per heavy atom. The van der Waals surface area contributed by atoms with Crippen molar-refractivity contribution in [1.82, 2.24) is 10.6 Å². The lowest BCUT2D eigenvalue weighted by molar-refractivity contribution is 0.200. The highest BCUT2D eigenvalue weighted by Crippen LogP contribution is 2.32. The van der Waals surface area contributed by atoms with Crippen LogP contribution in [0.4, 0.5) is 0 Å². The summed E-state index contributed by atoms with van der Waals surface area (Å²) in [6, 6.07) is 6.03. The third kappa shape index (κ3) is 7.13. The van der Waals surface area contributed by atoms with Crippen molar-refractivity contribution in [3.63, 3.8) is 0 Å². The Labute approximate surface area is 168 Å². The van der Waals surface area contributed by atoms with E-state index in [1.54, 1.807) is 7.11 Å². The molecule has 0 radical (unpaired) electrons. The first-order valence-electron chi connectivity index (χ1n) is 8.73. The summed E-state index contributed by atoms with van der Waals surface area (Å²) in [5, 5.41) is 6.42. The Bertz CT molecular complexity index is 558. The number of ether oxygens (including phenoxy) is 2. The van der Waals surface area contributed by atoms with Crippen LogP contribution in [0, 0.1) is 0 Å². The lowest BCUT2D eigenvalue weighted by atomic mass is 10.2. The Morgan fingerprint density at radius 2 is 2.04 bits per heavy atom. The molecule has 0 amide bonds. The average Bonchev–Trinajstić information content (AvgIpc) is 3.10. The van der Waals surface area contributed by atoms with Crippen molar-refractivity contribution in [3.8, 4) is 11.5 Å². The van der Waals surface area contributed by atoms with E-state index < -0.39 is 0 Å². The summed E-state index contributed by atoms with van der Waals surface area (Å²) in [7, 11) is 1.68. The summed E-state index contributed by atoms with van der Waals surface area (Å²) in [6.07, 6.45) is 6.87. The number of nitrogens with one attached hydrogen (secondary N) is 2. The zero-order chi connectivity index (χ0) is 17.2. The molecular weight excluding hydrogens is 429 g/mol. The Morgan fingerprint density at radius 1 is 1.28 bits per heavy atom. The quantitative estimate of drug-likeness (QED) is 0.268. The summed E-state index contributed by atoms with van der Waals surface area (Å²) in [5.41, 5.74) is 1.10. The van der Waals surface area contributed by atoms with Gasteiger partial charge in [-0.1, -0.05) is 12.1 Å². The van der Waals surface area contributed by atoms with Gasteiger partial charge >= 0.3 is 0 Å². The molecular formula is C19H30IN3O2. The highest BCUT2D eigenvalue weighted by Gasteiger charge is 2.18. The second-order valence-corrected chi connectivity index (χ2v) is 5.87. The minimum atomic E-state index is 0. The molecule has 0 atom stereocenters. The van der Waals surface area contributed by atoms with E-state index in [9.17, 15) is 0 Å². The topological polar surface area (TPSA) is 54.9 Å². The molecule has 2 N–H and O–H groups in total. The summed E-state index contributed by atoms with van der Waals surface area (Å²) in [6.45, 7) is 7.85. The molecule has 25 heavy (non-hydrogen) atoms. The lowest BCUT2D eigenvalue weighted by Gasteiger charge is -2.16. The van der Waals surface area contributed by atoms with Crippen molar-refractivity contribution in [1.29, 1.82) is 0 Å². The number of rotatable bonds is 8. The number of hydrogen-bond acceptors (Lipinski definition) is 3. The van der Waals surface area contributed by atoms with Crippen molar-refractivity contribution in [2.45, 2.75) is 45.3 Å². The fourth-order valence-corrected chi connectivity index (χ4v) is 2.78. The summed E-state index contributed by atoms with van der Waals surface area (Å²) < 4.78 is 11.6. The third-order valence-corrected chi connectivity index (χ3v) is 4.00. The minimum Gasteiger partial charge on any atom is -0.493 e. The fraction of sp³-hybridized carbons (Fsp3) is 0.526. The van der Waals surface area contributed by atoms with Crippen LogP contribution < -0.4 is 20.1 Å². The van der Waals surface area contributed by atoms with Crippen LogP contribution in [0.15, 0.2) is 35.8 Å². The van der Waals surface area contributed by atoms with Gasteiger partial charge in [0.05, 0.1) is 19.8 Å². The molecule has 0 heterocycles. The summed E-state index contributed by atoms with van der Waals surface area (Å²) in [5.74, 6) is 2.39. The van der Waals surface area contributed by atoms with E-state index in [1.807, 2.05) is 31.2 Å². The van der Waals surface area contributed by atoms with Crippen molar-refractivity contribution >= 4 is 29.9 Å². The van der Waals surface area contributed by atoms with Gasteiger partial charge in [0.1, 0.15) is 0 Å². The van der Waals surface area contributed by atoms with Crippen LogP contribution in [0.1, 0.15) is 38.2 Å². The molecule has 1 aromatic rings. The van der Waals surface area contributed by atoms with Crippen molar-refractivity contribution in [2.75, 3.05) is 20.2 Å². The zero-order valence-electron chi connectivity index (χ0n) is 15.2. The molecule has 0 aliphatic heterocycles. The molecule has 1 fully saturated rings. The van der Waals surface area contributed by atoms with Gasteiger partial charge < -0.3 is 20.1 Å². The standard InChI is InChI=1S/C19H29N3O2.HI/c1-4-12-21-19(20-5-2)22-14-15-10-11-17(23-3)18(13-15)24-16-8-6-7-9-16;/h4,10-11,13,16H,1,5-9,12,14H2,2-3H3,(H2,20,21,22);1H. The monoisotopic (exact) mass is 459 g/mol. The van der Waals surface area contributed by atoms with E-state index in [0.29, 0.717) is 19.2 Å². The molecule has 1 saturated carbocycles. The van der Waals surface area contributed by atoms with E-state index in [1.165, 1.54) is 12.8 Å². The van der Waals surface area contributed by atoms with Crippen molar-refractivity contribution in [3.05, 3.63) is 36.4 Å². The molecule has 1 aliphatic carbocycles. The second-order valence-electron chi connectivity index (χ2n) is 5.87. The number of halogens is 1. The molecule has 0 aromatic heterocycles. The maximum Gasteiger partial charge on any atom is 0.191 e. The number of nitrogens with zero attached hydrogens (tertiary/aromatic N) is 1. The lowest BCUT2D eigenvalue weighted by Crippen LogP contribution is -2.37. The van der Waals surface area contributed by atoms with Gasteiger partial charge in [0.2, 0.25) is 0 Å². The predicted molar refractivity (Wildman–Crippen MR) is 114 cm³/mol. The van der Waals surface area contributed by atoms with Crippen LogP contribution in [0.5, 0.6) is 11.5 Å². The average molecular weight is 459 g/mol. The predicted octanol–water partition coefficient (Wildman–Crippen LogP) is 3.88. The molecule has 0 saturated heterocycles. The minimum absolute atomic E-state index is 0. The molecule has 1 aromatic carbocycles. The highest BCUT2D eigenvalue weighted by atomic mass is 127. The molecule has 1 aliphatic rings. The highest BCUT2D eigenvalue weighted by molar-refractivity contribution is 14.0. The van der Waals surface area contributed by atoms with Gasteiger partial charge in [0.25, 0.3) is 0 Å². The van der Waals surface area contributed by atoms with Gasteiger partial charge in [0.15, 0.2) is 17.5 Å². The molecule has 0 bridgehead atoms. The number of guanidine groups is 1. The number of hydrogen-bond donors (Lipinski definition) is 2. The molecule has 0 spiro atoms. The molecule has 2 rings (SSSR count). The van der Waals surface area contributed by atoms with Gasteiger partial charge in [-0.2, -0.15) is 0 Å².